The molecule has 1 aliphatic rings. The molecule has 0 aliphatic carbocycles. The van der Waals surface area contributed by atoms with E-state index in [1.54, 1.807) is 19.2 Å². The van der Waals surface area contributed by atoms with E-state index < -0.39 is 5.92 Å². The molecule has 0 unspecified atom stereocenters. The van der Waals surface area contributed by atoms with Crippen LogP contribution in [0.3, 0.4) is 0 Å². The molecule has 4 rings (SSSR count). The zero-order valence-electron chi connectivity index (χ0n) is 16.7. The summed E-state index contributed by atoms with van der Waals surface area (Å²) in [6, 6.07) is 13.5. The Morgan fingerprint density at radius 3 is 2.77 bits per heavy atom. The Labute approximate surface area is 173 Å². The number of H-pyrrole nitrogens is 1. The lowest BCUT2D eigenvalue weighted by molar-refractivity contribution is -0.116. The van der Waals surface area contributed by atoms with Crippen LogP contribution in [-0.4, -0.2) is 23.0 Å². The van der Waals surface area contributed by atoms with Crippen LogP contribution in [0.1, 0.15) is 34.6 Å². The summed E-state index contributed by atoms with van der Waals surface area (Å²) in [7, 11) is 1.55. The molecular formula is C22H22N4O4. The summed E-state index contributed by atoms with van der Waals surface area (Å²) >= 11 is 0. The molecule has 0 bridgehead atoms. The highest BCUT2D eigenvalue weighted by Gasteiger charge is 2.31. The molecule has 0 saturated heterocycles. The molecule has 1 aromatic heterocycles. The van der Waals surface area contributed by atoms with Crippen molar-refractivity contribution >= 4 is 17.7 Å². The van der Waals surface area contributed by atoms with E-state index in [9.17, 15) is 9.59 Å². The van der Waals surface area contributed by atoms with Crippen LogP contribution in [0.4, 0.5) is 11.8 Å². The number of methoxy groups -OCH3 is 1. The number of hydrogen-bond donors (Lipinski definition) is 3. The van der Waals surface area contributed by atoms with E-state index in [1.807, 2.05) is 31.2 Å². The van der Waals surface area contributed by atoms with Crippen LogP contribution in [0.25, 0.3) is 0 Å². The lowest BCUT2D eigenvalue weighted by atomic mass is 9.86. The summed E-state index contributed by atoms with van der Waals surface area (Å²) < 4.78 is 11.4. The molecule has 3 aromatic rings. The second-order valence-corrected chi connectivity index (χ2v) is 7.21. The normalized spacial score (nSPS) is 15.3. The molecule has 30 heavy (non-hydrogen) atoms. The van der Waals surface area contributed by atoms with Crippen molar-refractivity contribution in [3.63, 3.8) is 0 Å². The molecule has 2 heterocycles. The molecule has 1 aliphatic heterocycles. The number of carbonyl (C=O) groups excluding carboxylic acids is 1. The van der Waals surface area contributed by atoms with Crippen LogP contribution in [0.5, 0.6) is 11.5 Å². The van der Waals surface area contributed by atoms with Crippen molar-refractivity contribution in [2.24, 2.45) is 0 Å². The van der Waals surface area contributed by atoms with Gasteiger partial charge in [-0.1, -0.05) is 35.9 Å². The standard InChI is InChI=1S/C22H22N4O4/c1-12-4-3-5-13(8-12)11-30-16-7-6-14(9-17(16)29-2)15-10-18(27)24-20-19(15)21(28)26-22(23)25-20/h3-9,15H,10-11H2,1-2H3,(H4,23,24,25,26,27,28)/t15-/m1/s1. The summed E-state index contributed by atoms with van der Waals surface area (Å²) in [6.45, 7) is 2.43. The highest BCUT2D eigenvalue weighted by molar-refractivity contribution is 5.94. The maximum absolute atomic E-state index is 12.5. The molecule has 8 heteroatoms. The van der Waals surface area contributed by atoms with E-state index in [0.717, 1.165) is 16.7 Å². The Morgan fingerprint density at radius 2 is 2.00 bits per heavy atom. The predicted octanol–water partition coefficient (Wildman–Crippen LogP) is 2.72. The van der Waals surface area contributed by atoms with Gasteiger partial charge in [-0.2, -0.15) is 4.98 Å². The number of rotatable bonds is 5. The van der Waals surface area contributed by atoms with Gasteiger partial charge in [0, 0.05) is 12.3 Å². The molecule has 1 atom stereocenters. The van der Waals surface area contributed by atoms with E-state index in [-0.39, 0.29) is 29.7 Å². The topological polar surface area (TPSA) is 119 Å². The number of ether oxygens (including phenoxy) is 2. The van der Waals surface area contributed by atoms with E-state index in [4.69, 9.17) is 15.2 Å². The number of aromatic amines is 1. The number of nitrogens with zero attached hydrogens (tertiary/aromatic N) is 1. The SMILES string of the molecule is COc1cc([C@H]2CC(=O)Nc3nc(N)[nH]c(=O)c32)ccc1OCc1cccc(C)c1. The number of aryl methyl sites for hydroxylation is 1. The smallest absolute Gasteiger partial charge is 0.258 e. The third kappa shape index (κ3) is 3.84. The van der Waals surface area contributed by atoms with E-state index >= 15 is 0 Å². The Kier molecular flexibility index (Phi) is 5.14. The molecule has 8 nitrogen and oxygen atoms in total. The first-order valence-corrected chi connectivity index (χ1v) is 9.50. The van der Waals surface area contributed by atoms with Crippen molar-refractivity contribution in [2.45, 2.75) is 25.9 Å². The lowest BCUT2D eigenvalue weighted by Gasteiger charge is -2.25. The van der Waals surface area contributed by atoms with Gasteiger partial charge >= 0.3 is 0 Å². The second kappa shape index (κ2) is 7.90. The lowest BCUT2D eigenvalue weighted by Crippen LogP contribution is -2.31. The average molecular weight is 406 g/mol. The summed E-state index contributed by atoms with van der Waals surface area (Å²) in [4.78, 5) is 31.2. The first kappa shape index (κ1) is 19.5. The monoisotopic (exact) mass is 406 g/mol. The largest absolute Gasteiger partial charge is 0.493 e. The minimum atomic E-state index is -0.467. The number of carbonyl (C=O) groups is 1. The number of nitrogens with two attached hydrogens (primary N) is 1. The molecular weight excluding hydrogens is 384 g/mol. The third-order valence-electron chi connectivity index (χ3n) is 5.04. The summed E-state index contributed by atoms with van der Waals surface area (Å²) in [5, 5.41) is 2.62. The fraction of sp³-hybridized carbons (Fsp3) is 0.227. The summed E-state index contributed by atoms with van der Waals surface area (Å²) in [5.41, 5.74) is 8.58. The third-order valence-corrected chi connectivity index (χ3v) is 5.04. The van der Waals surface area contributed by atoms with Crippen molar-refractivity contribution < 1.29 is 14.3 Å². The number of fused-ring (bicyclic) bond motifs is 1. The van der Waals surface area contributed by atoms with Crippen LogP contribution in [0.2, 0.25) is 0 Å². The van der Waals surface area contributed by atoms with Gasteiger partial charge in [0.15, 0.2) is 11.5 Å². The first-order valence-electron chi connectivity index (χ1n) is 9.50. The highest BCUT2D eigenvalue weighted by Crippen LogP contribution is 2.38. The average Bonchev–Trinajstić information content (AvgIpc) is 2.71. The van der Waals surface area contributed by atoms with E-state index in [0.29, 0.717) is 23.7 Å². The first-order chi connectivity index (χ1) is 14.4. The summed E-state index contributed by atoms with van der Waals surface area (Å²) in [5.74, 6) is 0.544. The van der Waals surface area contributed by atoms with Crippen molar-refractivity contribution in [2.75, 3.05) is 18.2 Å². The maximum Gasteiger partial charge on any atom is 0.258 e. The van der Waals surface area contributed by atoms with Crippen molar-refractivity contribution in [3.8, 4) is 11.5 Å². The fourth-order valence-corrected chi connectivity index (χ4v) is 3.66. The van der Waals surface area contributed by atoms with Crippen LogP contribution in [0, 0.1) is 6.92 Å². The second-order valence-electron chi connectivity index (χ2n) is 7.21. The number of anilines is 2. The molecule has 0 saturated carbocycles. The molecule has 4 N–H and O–H groups in total. The molecule has 154 valence electrons. The molecule has 0 radical (unpaired) electrons. The number of amides is 1. The van der Waals surface area contributed by atoms with Crippen LogP contribution in [0.15, 0.2) is 47.3 Å². The van der Waals surface area contributed by atoms with Gasteiger partial charge < -0.3 is 20.5 Å². The van der Waals surface area contributed by atoms with Gasteiger partial charge in [0.05, 0.1) is 12.7 Å². The molecule has 0 spiro atoms. The number of aromatic nitrogens is 2. The van der Waals surface area contributed by atoms with Crippen molar-refractivity contribution in [1.82, 2.24) is 9.97 Å². The quantitative estimate of drug-likeness (QED) is 0.599. The van der Waals surface area contributed by atoms with Gasteiger partial charge in [0.1, 0.15) is 12.4 Å². The molecule has 2 aromatic carbocycles. The predicted molar refractivity (Wildman–Crippen MR) is 113 cm³/mol. The Morgan fingerprint density at radius 1 is 1.17 bits per heavy atom. The van der Waals surface area contributed by atoms with Gasteiger partial charge in [-0.3, -0.25) is 14.6 Å². The van der Waals surface area contributed by atoms with Crippen molar-refractivity contribution in [1.29, 1.82) is 0 Å². The Balaban J connectivity index is 1.65. The van der Waals surface area contributed by atoms with E-state index in [2.05, 4.69) is 21.4 Å². The molecule has 1 amide bonds. The Hall–Kier alpha value is -3.81. The van der Waals surface area contributed by atoms with Gasteiger partial charge in [-0.05, 0) is 30.2 Å². The van der Waals surface area contributed by atoms with Gasteiger partial charge in [-0.25, -0.2) is 0 Å². The minimum Gasteiger partial charge on any atom is -0.493 e. The fourth-order valence-electron chi connectivity index (χ4n) is 3.66. The number of hydrogen-bond acceptors (Lipinski definition) is 6. The van der Waals surface area contributed by atoms with Crippen LogP contribution >= 0.6 is 0 Å². The number of nitrogens with one attached hydrogen (secondary N) is 2. The summed E-state index contributed by atoms with van der Waals surface area (Å²) in [6.07, 6.45) is 0.119. The number of nitrogen functional groups attached to an aromatic ring is 1. The zero-order valence-corrected chi connectivity index (χ0v) is 16.7. The van der Waals surface area contributed by atoms with Crippen LogP contribution < -0.4 is 26.1 Å². The van der Waals surface area contributed by atoms with E-state index in [1.165, 1.54) is 0 Å². The Bertz CT molecular complexity index is 1170. The van der Waals surface area contributed by atoms with Gasteiger partial charge in [0.2, 0.25) is 11.9 Å². The minimum absolute atomic E-state index is 0.0443. The van der Waals surface area contributed by atoms with Gasteiger partial charge in [0.25, 0.3) is 5.56 Å². The molecule has 0 fully saturated rings. The van der Waals surface area contributed by atoms with Crippen molar-refractivity contribution in [3.05, 3.63) is 75.1 Å². The maximum atomic E-state index is 12.5. The number of benzene rings is 2. The van der Waals surface area contributed by atoms with Gasteiger partial charge in [-0.15, -0.1) is 0 Å². The zero-order chi connectivity index (χ0) is 21.3. The van der Waals surface area contributed by atoms with Crippen LogP contribution in [-0.2, 0) is 11.4 Å². The highest BCUT2D eigenvalue weighted by atomic mass is 16.5.